The zero-order valence-electron chi connectivity index (χ0n) is 8.90. The van der Waals surface area contributed by atoms with E-state index in [4.69, 9.17) is 0 Å². The molecule has 1 fully saturated rings. The summed E-state index contributed by atoms with van der Waals surface area (Å²) in [7, 11) is 0. The van der Waals surface area contributed by atoms with Crippen LogP contribution in [0.15, 0.2) is 24.4 Å². The van der Waals surface area contributed by atoms with Crippen LogP contribution in [0.2, 0.25) is 0 Å². The van der Waals surface area contributed by atoms with Crippen molar-refractivity contribution in [3.05, 3.63) is 24.4 Å². The van der Waals surface area contributed by atoms with Crippen molar-refractivity contribution in [1.29, 1.82) is 0 Å². The molecule has 82 valence electrons. The number of aromatic nitrogens is 1. The largest absolute Gasteiger partial charge is 0.354 e. The molecule has 0 N–H and O–H groups in total. The average molecular weight is 269 g/mol. The second-order valence-electron chi connectivity index (χ2n) is 4.01. The molecule has 2 heterocycles. The smallest absolute Gasteiger partial charge is 0.128 e. The summed E-state index contributed by atoms with van der Waals surface area (Å²) in [6, 6.07) is 6.84. The van der Waals surface area contributed by atoms with Gasteiger partial charge in [0, 0.05) is 24.1 Å². The Morgan fingerprint density at radius 2 is 2.33 bits per heavy atom. The number of rotatable bonds is 3. The van der Waals surface area contributed by atoms with Gasteiger partial charge in [0.15, 0.2) is 0 Å². The lowest BCUT2D eigenvalue weighted by Crippen LogP contribution is -2.40. The van der Waals surface area contributed by atoms with Gasteiger partial charge in [-0.05, 0) is 37.8 Å². The van der Waals surface area contributed by atoms with E-state index >= 15 is 0 Å². The van der Waals surface area contributed by atoms with Gasteiger partial charge in [0.25, 0.3) is 0 Å². The average Bonchev–Trinajstić information content (AvgIpc) is 2.31. The van der Waals surface area contributed by atoms with Crippen LogP contribution in [0.1, 0.15) is 25.7 Å². The first kappa shape index (κ1) is 10.9. The number of hydrogen-bond acceptors (Lipinski definition) is 2. The zero-order valence-corrected chi connectivity index (χ0v) is 10.5. The van der Waals surface area contributed by atoms with Gasteiger partial charge in [0.2, 0.25) is 0 Å². The third-order valence-electron chi connectivity index (χ3n) is 3.01. The molecule has 0 aromatic carbocycles. The van der Waals surface area contributed by atoms with Crippen LogP contribution in [0.4, 0.5) is 5.82 Å². The molecule has 1 aliphatic rings. The zero-order chi connectivity index (χ0) is 10.5. The molecular formula is C12H17BrN2. The maximum absolute atomic E-state index is 4.45. The lowest BCUT2D eigenvalue weighted by molar-refractivity contribution is 0.449. The summed E-state index contributed by atoms with van der Waals surface area (Å²) in [5, 5.41) is 1.08. The van der Waals surface area contributed by atoms with Crippen LogP contribution < -0.4 is 4.90 Å². The Kier molecular flexibility index (Phi) is 4.01. The molecule has 2 rings (SSSR count). The lowest BCUT2D eigenvalue weighted by Gasteiger charge is -2.36. The standard InChI is InChI=1S/C12H17BrN2/c13-8-7-11-5-2-4-10-15(11)12-6-1-3-9-14-12/h1,3,6,9,11H,2,4-5,7-8,10H2. The quantitative estimate of drug-likeness (QED) is 0.783. The van der Waals surface area contributed by atoms with Crippen LogP contribution in [0.3, 0.4) is 0 Å². The van der Waals surface area contributed by atoms with Crippen molar-refractivity contribution < 1.29 is 0 Å². The van der Waals surface area contributed by atoms with Crippen LogP contribution in [-0.2, 0) is 0 Å². The Balaban J connectivity index is 2.11. The third-order valence-corrected chi connectivity index (χ3v) is 3.47. The normalized spacial score (nSPS) is 21.7. The second kappa shape index (κ2) is 5.50. The number of halogens is 1. The van der Waals surface area contributed by atoms with E-state index < -0.39 is 0 Å². The Labute approximate surface area is 99.8 Å². The number of alkyl halides is 1. The van der Waals surface area contributed by atoms with Crippen molar-refractivity contribution >= 4 is 21.7 Å². The second-order valence-corrected chi connectivity index (χ2v) is 4.80. The van der Waals surface area contributed by atoms with Crippen LogP contribution in [-0.4, -0.2) is 22.9 Å². The van der Waals surface area contributed by atoms with Gasteiger partial charge < -0.3 is 4.90 Å². The molecule has 2 nitrogen and oxygen atoms in total. The summed E-state index contributed by atoms with van der Waals surface area (Å²) < 4.78 is 0. The lowest BCUT2D eigenvalue weighted by atomic mass is 10.00. The minimum atomic E-state index is 0.674. The van der Waals surface area contributed by atoms with Crippen molar-refractivity contribution in [3.63, 3.8) is 0 Å². The minimum absolute atomic E-state index is 0.674. The van der Waals surface area contributed by atoms with Crippen LogP contribution >= 0.6 is 15.9 Å². The fraction of sp³-hybridized carbons (Fsp3) is 0.583. The molecule has 0 saturated carbocycles. The SMILES string of the molecule is BrCCC1CCCCN1c1ccccn1. The first-order chi connectivity index (χ1) is 7.42. The van der Waals surface area contributed by atoms with Gasteiger partial charge in [-0.15, -0.1) is 0 Å². The molecule has 0 amide bonds. The van der Waals surface area contributed by atoms with E-state index in [1.807, 2.05) is 12.3 Å². The molecule has 1 saturated heterocycles. The molecule has 0 spiro atoms. The number of piperidine rings is 1. The predicted octanol–water partition coefficient (Wildman–Crippen LogP) is 3.23. The van der Waals surface area contributed by atoms with E-state index in [1.165, 1.54) is 25.7 Å². The van der Waals surface area contributed by atoms with Crippen molar-refractivity contribution in [2.75, 3.05) is 16.8 Å². The molecule has 1 aliphatic heterocycles. The fourth-order valence-corrected chi connectivity index (χ4v) is 2.78. The first-order valence-corrected chi connectivity index (χ1v) is 6.77. The Morgan fingerprint density at radius 1 is 1.40 bits per heavy atom. The Bertz CT molecular complexity index is 287. The number of hydrogen-bond donors (Lipinski definition) is 0. The molecule has 1 atom stereocenters. The van der Waals surface area contributed by atoms with Crippen LogP contribution in [0.25, 0.3) is 0 Å². The highest BCUT2D eigenvalue weighted by molar-refractivity contribution is 9.09. The first-order valence-electron chi connectivity index (χ1n) is 5.65. The Morgan fingerprint density at radius 3 is 3.07 bits per heavy atom. The summed E-state index contributed by atoms with van der Waals surface area (Å²) in [5.41, 5.74) is 0. The molecule has 0 bridgehead atoms. The molecule has 15 heavy (non-hydrogen) atoms. The van der Waals surface area contributed by atoms with Crippen molar-refractivity contribution in [3.8, 4) is 0 Å². The highest BCUT2D eigenvalue weighted by Gasteiger charge is 2.22. The molecule has 0 aliphatic carbocycles. The predicted molar refractivity (Wildman–Crippen MR) is 67.6 cm³/mol. The van der Waals surface area contributed by atoms with Crippen molar-refractivity contribution in [2.24, 2.45) is 0 Å². The Hall–Kier alpha value is -0.570. The summed E-state index contributed by atoms with van der Waals surface area (Å²) in [5.74, 6) is 1.14. The van der Waals surface area contributed by atoms with E-state index in [0.717, 1.165) is 17.7 Å². The van der Waals surface area contributed by atoms with E-state index in [0.29, 0.717) is 6.04 Å². The van der Waals surface area contributed by atoms with Crippen LogP contribution in [0.5, 0.6) is 0 Å². The minimum Gasteiger partial charge on any atom is -0.354 e. The van der Waals surface area contributed by atoms with Gasteiger partial charge in [-0.1, -0.05) is 22.0 Å². The van der Waals surface area contributed by atoms with Crippen molar-refractivity contribution in [1.82, 2.24) is 4.98 Å². The highest BCUT2D eigenvalue weighted by atomic mass is 79.9. The van der Waals surface area contributed by atoms with E-state index in [-0.39, 0.29) is 0 Å². The summed E-state index contributed by atoms with van der Waals surface area (Å²) in [4.78, 5) is 6.91. The number of pyridine rings is 1. The monoisotopic (exact) mass is 268 g/mol. The maximum atomic E-state index is 4.45. The van der Waals surface area contributed by atoms with Gasteiger partial charge in [0.05, 0.1) is 0 Å². The molecule has 1 aromatic heterocycles. The van der Waals surface area contributed by atoms with E-state index in [2.05, 4.69) is 37.9 Å². The van der Waals surface area contributed by atoms with Gasteiger partial charge >= 0.3 is 0 Å². The van der Waals surface area contributed by atoms with E-state index in [9.17, 15) is 0 Å². The van der Waals surface area contributed by atoms with Gasteiger partial charge in [0.1, 0.15) is 5.82 Å². The van der Waals surface area contributed by atoms with E-state index in [1.54, 1.807) is 0 Å². The van der Waals surface area contributed by atoms with Gasteiger partial charge in [-0.25, -0.2) is 4.98 Å². The molecule has 1 unspecified atom stereocenters. The van der Waals surface area contributed by atoms with Gasteiger partial charge in [-0.2, -0.15) is 0 Å². The molecule has 3 heteroatoms. The van der Waals surface area contributed by atoms with Crippen molar-refractivity contribution in [2.45, 2.75) is 31.7 Å². The van der Waals surface area contributed by atoms with Gasteiger partial charge in [-0.3, -0.25) is 0 Å². The number of nitrogens with zero attached hydrogens (tertiary/aromatic N) is 2. The highest BCUT2D eigenvalue weighted by Crippen LogP contribution is 2.24. The topological polar surface area (TPSA) is 16.1 Å². The number of anilines is 1. The maximum Gasteiger partial charge on any atom is 0.128 e. The summed E-state index contributed by atoms with van der Waals surface area (Å²) in [6.45, 7) is 1.16. The molecular weight excluding hydrogens is 252 g/mol. The summed E-state index contributed by atoms with van der Waals surface area (Å²) >= 11 is 3.54. The van der Waals surface area contributed by atoms with Crippen LogP contribution in [0, 0.1) is 0 Å². The molecule has 0 radical (unpaired) electrons. The summed E-state index contributed by atoms with van der Waals surface area (Å²) in [6.07, 6.45) is 7.07. The fourth-order valence-electron chi connectivity index (χ4n) is 2.25. The third kappa shape index (κ3) is 2.71. The molecule has 1 aromatic rings.